The van der Waals surface area contributed by atoms with Crippen LogP contribution in [-0.2, 0) is 22.3 Å². The standard InChI is InChI=1S/C21H23ClF3N3O5/c1-32-17-6-3-11(7-14(17)22)9-27-19(30)13-8-12(21(23,24)25)4-5-15(13)28-16(10-29)18(26)20(31)33-2/h3-8,16,18,28-29H,9-10,26H2,1-2H3,(H,27,30)/t16-,18?/m1/s1. The minimum absolute atomic E-state index is 0.0384. The first-order valence-electron chi connectivity index (χ1n) is 9.54. The molecule has 33 heavy (non-hydrogen) atoms. The number of esters is 1. The van der Waals surface area contributed by atoms with Crippen molar-refractivity contribution in [2.45, 2.75) is 24.8 Å². The lowest BCUT2D eigenvalue weighted by Gasteiger charge is -2.24. The number of aliphatic hydroxyl groups excluding tert-OH is 1. The summed E-state index contributed by atoms with van der Waals surface area (Å²) < 4.78 is 49.3. The van der Waals surface area contributed by atoms with Crippen molar-refractivity contribution in [3.05, 3.63) is 58.1 Å². The molecule has 0 heterocycles. The summed E-state index contributed by atoms with van der Waals surface area (Å²) in [5.74, 6) is -1.26. The van der Waals surface area contributed by atoms with E-state index in [0.29, 0.717) is 22.4 Å². The highest BCUT2D eigenvalue weighted by molar-refractivity contribution is 6.32. The molecule has 2 aromatic carbocycles. The molecule has 0 aliphatic carbocycles. The van der Waals surface area contributed by atoms with Crippen LogP contribution in [0.15, 0.2) is 36.4 Å². The number of aliphatic hydroxyl groups is 1. The molecule has 1 amide bonds. The second-order valence-corrected chi connectivity index (χ2v) is 7.30. The monoisotopic (exact) mass is 489 g/mol. The van der Waals surface area contributed by atoms with E-state index in [9.17, 15) is 27.9 Å². The normalized spacial score (nSPS) is 13.1. The first kappa shape index (κ1) is 26.2. The molecule has 0 aliphatic rings. The number of alkyl halides is 3. The molecule has 0 spiro atoms. The van der Waals surface area contributed by atoms with Crippen LogP contribution in [0.5, 0.6) is 5.75 Å². The fourth-order valence-electron chi connectivity index (χ4n) is 2.88. The molecular weight excluding hydrogens is 467 g/mol. The molecule has 2 rings (SSSR count). The Morgan fingerprint density at radius 3 is 2.42 bits per heavy atom. The summed E-state index contributed by atoms with van der Waals surface area (Å²) in [6.07, 6.45) is -4.70. The van der Waals surface area contributed by atoms with Crippen LogP contribution in [0.25, 0.3) is 0 Å². The predicted octanol–water partition coefficient (Wildman–Crippen LogP) is 2.57. The lowest BCUT2D eigenvalue weighted by Crippen LogP contribution is -2.49. The SMILES string of the molecule is COC(=O)C(N)[C@@H](CO)Nc1ccc(C(F)(F)F)cc1C(=O)NCc1ccc(OC)c(Cl)c1. The Labute approximate surface area is 192 Å². The number of anilines is 1. The van der Waals surface area contributed by atoms with Crippen LogP contribution in [0, 0.1) is 0 Å². The van der Waals surface area contributed by atoms with E-state index in [1.807, 2.05) is 0 Å². The Bertz CT molecular complexity index is 1000. The van der Waals surface area contributed by atoms with Gasteiger partial charge >= 0.3 is 12.1 Å². The summed E-state index contributed by atoms with van der Waals surface area (Å²) in [4.78, 5) is 24.5. The van der Waals surface area contributed by atoms with Gasteiger partial charge in [0.1, 0.15) is 11.8 Å². The van der Waals surface area contributed by atoms with E-state index in [1.165, 1.54) is 7.11 Å². The van der Waals surface area contributed by atoms with Gasteiger partial charge in [-0.2, -0.15) is 13.2 Å². The van der Waals surface area contributed by atoms with E-state index in [-0.39, 0.29) is 17.8 Å². The van der Waals surface area contributed by atoms with Crippen LogP contribution in [0.3, 0.4) is 0 Å². The Kier molecular flexibility index (Phi) is 8.91. The number of rotatable bonds is 9. The van der Waals surface area contributed by atoms with Crippen molar-refractivity contribution in [1.29, 1.82) is 0 Å². The summed E-state index contributed by atoms with van der Waals surface area (Å²) in [6.45, 7) is -0.688. The van der Waals surface area contributed by atoms with Gasteiger partial charge in [-0.3, -0.25) is 9.59 Å². The van der Waals surface area contributed by atoms with Crippen LogP contribution in [0.1, 0.15) is 21.5 Å². The van der Waals surface area contributed by atoms with Crippen molar-refractivity contribution in [3.63, 3.8) is 0 Å². The van der Waals surface area contributed by atoms with Crippen LogP contribution >= 0.6 is 11.6 Å². The summed E-state index contributed by atoms with van der Waals surface area (Å²) in [6, 6.07) is 4.75. The van der Waals surface area contributed by atoms with Gasteiger partial charge in [0.05, 0.1) is 43.0 Å². The van der Waals surface area contributed by atoms with Crippen molar-refractivity contribution in [3.8, 4) is 5.75 Å². The van der Waals surface area contributed by atoms with E-state index < -0.39 is 42.3 Å². The second-order valence-electron chi connectivity index (χ2n) is 6.89. The van der Waals surface area contributed by atoms with E-state index >= 15 is 0 Å². The number of nitrogens with one attached hydrogen (secondary N) is 2. The van der Waals surface area contributed by atoms with Gasteiger partial charge in [0.25, 0.3) is 5.91 Å². The fourth-order valence-corrected chi connectivity index (χ4v) is 3.16. The summed E-state index contributed by atoms with van der Waals surface area (Å²) in [5.41, 5.74) is 4.83. The van der Waals surface area contributed by atoms with Crippen molar-refractivity contribution in [1.82, 2.24) is 5.32 Å². The zero-order chi connectivity index (χ0) is 24.8. The van der Waals surface area contributed by atoms with Crippen molar-refractivity contribution in [2.75, 3.05) is 26.1 Å². The highest BCUT2D eigenvalue weighted by atomic mass is 35.5. The Morgan fingerprint density at radius 2 is 1.88 bits per heavy atom. The van der Waals surface area contributed by atoms with Gasteiger partial charge in [0.15, 0.2) is 0 Å². The van der Waals surface area contributed by atoms with Crippen molar-refractivity contribution >= 4 is 29.2 Å². The zero-order valence-electron chi connectivity index (χ0n) is 17.7. The van der Waals surface area contributed by atoms with Gasteiger partial charge in [-0.1, -0.05) is 17.7 Å². The number of carbonyl (C=O) groups is 2. The van der Waals surface area contributed by atoms with Gasteiger partial charge in [-0.15, -0.1) is 0 Å². The number of benzene rings is 2. The van der Waals surface area contributed by atoms with Gasteiger partial charge in [0, 0.05) is 12.2 Å². The molecule has 0 bridgehead atoms. The summed E-state index contributed by atoms with van der Waals surface area (Å²) >= 11 is 6.05. The Morgan fingerprint density at radius 1 is 1.18 bits per heavy atom. The lowest BCUT2D eigenvalue weighted by molar-refractivity contribution is -0.142. The maximum absolute atomic E-state index is 13.2. The zero-order valence-corrected chi connectivity index (χ0v) is 18.5. The van der Waals surface area contributed by atoms with Gasteiger partial charge in [-0.05, 0) is 35.9 Å². The van der Waals surface area contributed by atoms with Crippen LogP contribution < -0.4 is 21.1 Å². The maximum Gasteiger partial charge on any atom is 0.416 e. The first-order chi connectivity index (χ1) is 15.5. The summed E-state index contributed by atoms with van der Waals surface area (Å²) in [5, 5.41) is 15.1. The minimum Gasteiger partial charge on any atom is -0.495 e. The van der Waals surface area contributed by atoms with E-state index in [4.69, 9.17) is 22.1 Å². The van der Waals surface area contributed by atoms with Gasteiger partial charge in [0.2, 0.25) is 0 Å². The van der Waals surface area contributed by atoms with Gasteiger partial charge in [-0.25, -0.2) is 0 Å². The molecule has 2 atom stereocenters. The molecule has 5 N–H and O–H groups in total. The second kappa shape index (κ2) is 11.2. The summed E-state index contributed by atoms with van der Waals surface area (Å²) in [7, 11) is 2.54. The molecular formula is C21H23ClF3N3O5. The third kappa shape index (κ3) is 6.73. The maximum atomic E-state index is 13.2. The molecule has 1 unspecified atom stereocenters. The number of nitrogens with two attached hydrogens (primary N) is 1. The van der Waals surface area contributed by atoms with E-state index in [0.717, 1.165) is 19.2 Å². The molecule has 0 radical (unpaired) electrons. The van der Waals surface area contributed by atoms with Crippen LogP contribution in [0.2, 0.25) is 5.02 Å². The van der Waals surface area contributed by atoms with Crippen LogP contribution in [-0.4, -0.2) is 49.9 Å². The molecule has 0 saturated heterocycles. The number of methoxy groups -OCH3 is 2. The molecule has 12 heteroatoms. The molecule has 0 saturated carbocycles. The third-order valence-electron chi connectivity index (χ3n) is 4.71. The molecule has 0 aliphatic heterocycles. The number of carbonyl (C=O) groups excluding carboxylic acids is 2. The average Bonchev–Trinajstić information content (AvgIpc) is 2.79. The molecule has 2 aromatic rings. The Balaban J connectivity index is 2.32. The third-order valence-corrected chi connectivity index (χ3v) is 5.00. The number of ether oxygens (including phenoxy) is 2. The number of amides is 1. The Hall–Kier alpha value is -3.02. The largest absolute Gasteiger partial charge is 0.495 e. The highest BCUT2D eigenvalue weighted by Gasteiger charge is 2.33. The topological polar surface area (TPSA) is 123 Å². The number of hydrogen-bond donors (Lipinski definition) is 4. The molecule has 0 fully saturated rings. The van der Waals surface area contributed by atoms with E-state index in [1.54, 1.807) is 18.2 Å². The highest BCUT2D eigenvalue weighted by Crippen LogP contribution is 2.32. The molecule has 180 valence electrons. The molecule has 0 aromatic heterocycles. The van der Waals surface area contributed by atoms with Crippen LogP contribution in [0.4, 0.5) is 18.9 Å². The van der Waals surface area contributed by atoms with Crippen molar-refractivity contribution in [2.24, 2.45) is 5.73 Å². The lowest BCUT2D eigenvalue weighted by atomic mass is 10.0. The minimum atomic E-state index is -4.70. The quantitative estimate of drug-likeness (QED) is 0.399. The van der Waals surface area contributed by atoms with Gasteiger partial charge < -0.3 is 30.9 Å². The smallest absolute Gasteiger partial charge is 0.416 e. The first-order valence-corrected chi connectivity index (χ1v) is 9.92. The predicted molar refractivity (Wildman–Crippen MR) is 115 cm³/mol. The average molecular weight is 490 g/mol. The number of halogens is 4. The number of hydrogen-bond acceptors (Lipinski definition) is 7. The molecule has 8 nitrogen and oxygen atoms in total. The van der Waals surface area contributed by atoms with Crippen molar-refractivity contribution < 1.29 is 37.3 Å². The fraction of sp³-hybridized carbons (Fsp3) is 0.333. The van der Waals surface area contributed by atoms with E-state index in [2.05, 4.69) is 15.4 Å².